The lowest BCUT2D eigenvalue weighted by Crippen LogP contribution is -2.36. The van der Waals surface area contributed by atoms with Gasteiger partial charge in [-0.2, -0.15) is 5.26 Å². The number of rotatable bonds is 3. The Morgan fingerprint density at radius 3 is 2.42 bits per heavy atom. The summed E-state index contributed by atoms with van der Waals surface area (Å²) in [5.74, 6) is 0.0203. The molecule has 1 fully saturated rings. The van der Waals surface area contributed by atoms with Crippen LogP contribution < -0.4 is 0 Å². The van der Waals surface area contributed by atoms with Crippen LogP contribution in [0, 0.1) is 11.3 Å². The number of hydrogen-bond acceptors (Lipinski definition) is 4. The first-order valence-electron chi connectivity index (χ1n) is 8.80. The summed E-state index contributed by atoms with van der Waals surface area (Å²) in [5.41, 5.74) is 3.61. The molecule has 0 saturated carbocycles. The lowest BCUT2D eigenvalue weighted by atomic mass is 9.98. The molecule has 1 amide bonds. The highest BCUT2D eigenvalue weighted by Crippen LogP contribution is 2.44. The maximum absolute atomic E-state index is 12.4. The average Bonchev–Trinajstić information content (AvgIpc) is 3.19. The second-order valence-corrected chi connectivity index (χ2v) is 7.03. The van der Waals surface area contributed by atoms with Crippen molar-refractivity contribution >= 4 is 6.09 Å². The van der Waals surface area contributed by atoms with Crippen LogP contribution in [-0.4, -0.2) is 41.4 Å². The Labute approximate surface area is 152 Å². The molecule has 2 aromatic carbocycles. The molecule has 1 saturated heterocycles. The molecule has 1 heterocycles. The summed E-state index contributed by atoms with van der Waals surface area (Å²) in [4.78, 5) is 13.9. The van der Waals surface area contributed by atoms with Gasteiger partial charge in [0.1, 0.15) is 6.61 Å². The standard InChI is InChI=1S/C21H20N2O3/c22-11-9-21(25)10-12-23(14-21)20(24)26-13-19-17-7-3-1-5-15(17)16-6-2-4-8-18(16)19/h1-8,19,25H,9-10,12-14H2. The monoisotopic (exact) mass is 348 g/mol. The number of likely N-dealkylation sites (tertiary alicyclic amines) is 1. The summed E-state index contributed by atoms with van der Waals surface area (Å²) >= 11 is 0. The van der Waals surface area contributed by atoms with Gasteiger partial charge in [-0.05, 0) is 28.7 Å². The van der Waals surface area contributed by atoms with Crippen molar-refractivity contribution < 1.29 is 14.6 Å². The maximum atomic E-state index is 12.4. The summed E-state index contributed by atoms with van der Waals surface area (Å²) in [5, 5.41) is 19.1. The predicted molar refractivity (Wildman–Crippen MR) is 96.4 cm³/mol. The van der Waals surface area contributed by atoms with Crippen LogP contribution in [0.15, 0.2) is 48.5 Å². The Bertz CT molecular complexity index is 843. The fraction of sp³-hybridized carbons (Fsp3) is 0.333. The van der Waals surface area contributed by atoms with Gasteiger partial charge in [-0.25, -0.2) is 4.79 Å². The van der Waals surface area contributed by atoms with Gasteiger partial charge in [-0.1, -0.05) is 48.5 Å². The molecule has 0 aromatic heterocycles. The Hall–Kier alpha value is -2.84. The average molecular weight is 348 g/mol. The lowest BCUT2D eigenvalue weighted by molar-refractivity contribution is 0.0482. The molecule has 5 nitrogen and oxygen atoms in total. The van der Waals surface area contributed by atoms with Crippen LogP contribution in [0.2, 0.25) is 0 Å². The maximum Gasteiger partial charge on any atom is 0.409 e. The van der Waals surface area contributed by atoms with Crippen LogP contribution in [0.1, 0.15) is 29.9 Å². The van der Waals surface area contributed by atoms with Gasteiger partial charge in [0, 0.05) is 12.5 Å². The van der Waals surface area contributed by atoms with Gasteiger partial charge in [0.2, 0.25) is 0 Å². The van der Waals surface area contributed by atoms with E-state index < -0.39 is 11.7 Å². The number of carbonyl (C=O) groups is 1. The van der Waals surface area contributed by atoms with Gasteiger partial charge in [0.05, 0.1) is 24.6 Å². The molecule has 4 rings (SSSR count). The number of amides is 1. The molecule has 1 N–H and O–H groups in total. The summed E-state index contributed by atoms with van der Waals surface area (Å²) in [6.07, 6.45) is 0.00555. The van der Waals surface area contributed by atoms with Gasteiger partial charge in [0.25, 0.3) is 0 Å². The molecule has 1 aliphatic heterocycles. The highest BCUT2D eigenvalue weighted by Gasteiger charge is 2.39. The molecule has 1 unspecified atom stereocenters. The summed E-state index contributed by atoms with van der Waals surface area (Å²) in [6.45, 7) is 0.826. The fourth-order valence-corrected chi connectivity index (χ4v) is 3.99. The molecule has 0 radical (unpaired) electrons. The first-order chi connectivity index (χ1) is 12.6. The third-order valence-corrected chi connectivity index (χ3v) is 5.33. The molecular weight excluding hydrogens is 328 g/mol. The first kappa shape index (κ1) is 16.6. The summed E-state index contributed by atoms with van der Waals surface area (Å²) in [6, 6.07) is 18.4. The third-order valence-electron chi connectivity index (χ3n) is 5.33. The summed E-state index contributed by atoms with van der Waals surface area (Å²) < 4.78 is 5.59. The zero-order chi connectivity index (χ0) is 18.1. The number of fused-ring (bicyclic) bond motifs is 3. The van der Waals surface area contributed by atoms with Crippen LogP contribution in [0.4, 0.5) is 4.79 Å². The molecule has 2 aliphatic rings. The normalized spacial score (nSPS) is 21.2. The van der Waals surface area contributed by atoms with Crippen LogP contribution in [-0.2, 0) is 4.74 Å². The number of nitriles is 1. The van der Waals surface area contributed by atoms with Gasteiger partial charge in [0.15, 0.2) is 0 Å². The van der Waals surface area contributed by atoms with E-state index in [-0.39, 0.29) is 25.5 Å². The fourth-order valence-electron chi connectivity index (χ4n) is 3.99. The molecule has 5 heteroatoms. The Morgan fingerprint density at radius 2 is 1.81 bits per heavy atom. The molecular formula is C21H20N2O3. The van der Waals surface area contributed by atoms with Gasteiger partial charge < -0.3 is 14.7 Å². The zero-order valence-electron chi connectivity index (χ0n) is 14.4. The van der Waals surface area contributed by atoms with E-state index in [1.807, 2.05) is 30.3 Å². The smallest absolute Gasteiger partial charge is 0.409 e. The van der Waals surface area contributed by atoms with E-state index in [0.29, 0.717) is 13.0 Å². The zero-order valence-corrected chi connectivity index (χ0v) is 14.4. The number of ether oxygens (including phenoxy) is 1. The van der Waals surface area contributed by atoms with Crippen LogP contribution in [0.25, 0.3) is 11.1 Å². The Balaban J connectivity index is 1.47. The molecule has 1 atom stereocenters. The predicted octanol–water partition coefficient (Wildman–Crippen LogP) is 3.29. The van der Waals surface area contributed by atoms with Crippen molar-refractivity contribution in [3.63, 3.8) is 0 Å². The topological polar surface area (TPSA) is 73.6 Å². The van der Waals surface area contributed by atoms with Crippen molar-refractivity contribution in [3.8, 4) is 17.2 Å². The van der Waals surface area contributed by atoms with Crippen molar-refractivity contribution in [2.75, 3.05) is 19.7 Å². The first-order valence-corrected chi connectivity index (χ1v) is 8.80. The van der Waals surface area contributed by atoms with E-state index in [2.05, 4.69) is 24.3 Å². The van der Waals surface area contributed by atoms with E-state index in [1.54, 1.807) is 0 Å². The van der Waals surface area contributed by atoms with Gasteiger partial charge in [-0.3, -0.25) is 0 Å². The Kier molecular flexibility index (Phi) is 4.14. The van der Waals surface area contributed by atoms with E-state index >= 15 is 0 Å². The Morgan fingerprint density at radius 1 is 1.19 bits per heavy atom. The van der Waals surface area contributed by atoms with Gasteiger partial charge in [-0.15, -0.1) is 0 Å². The highest BCUT2D eigenvalue weighted by molar-refractivity contribution is 5.79. The molecule has 132 valence electrons. The molecule has 26 heavy (non-hydrogen) atoms. The number of hydrogen-bond donors (Lipinski definition) is 1. The lowest BCUT2D eigenvalue weighted by Gasteiger charge is -2.21. The minimum absolute atomic E-state index is 0.0203. The number of β-amino-alcohol motifs (C(OH)–C–C–N with tert-alkyl or cyclic N) is 1. The van der Waals surface area contributed by atoms with Crippen LogP contribution in [0.5, 0.6) is 0 Å². The van der Waals surface area contributed by atoms with E-state index in [1.165, 1.54) is 27.2 Å². The van der Waals surface area contributed by atoms with Crippen LogP contribution in [0.3, 0.4) is 0 Å². The molecule has 0 bridgehead atoms. The molecule has 1 aliphatic carbocycles. The molecule has 0 spiro atoms. The number of aliphatic hydroxyl groups is 1. The van der Waals surface area contributed by atoms with Crippen molar-refractivity contribution in [3.05, 3.63) is 59.7 Å². The van der Waals surface area contributed by atoms with Gasteiger partial charge >= 0.3 is 6.09 Å². The van der Waals surface area contributed by atoms with Crippen molar-refractivity contribution in [1.29, 1.82) is 5.26 Å². The largest absolute Gasteiger partial charge is 0.448 e. The number of benzene rings is 2. The highest BCUT2D eigenvalue weighted by atomic mass is 16.6. The quantitative estimate of drug-likeness (QED) is 0.924. The second kappa shape index (κ2) is 6.47. The van der Waals surface area contributed by atoms with Crippen LogP contribution >= 0.6 is 0 Å². The van der Waals surface area contributed by atoms with Crippen molar-refractivity contribution in [2.45, 2.75) is 24.4 Å². The van der Waals surface area contributed by atoms with E-state index in [9.17, 15) is 9.90 Å². The van der Waals surface area contributed by atoms with Crippen molar-refractivity contribution in [1.82, 2.24) is 4.90 Å². The SMILES string of the molecule is N#CCC1(O)CCN(C(=O)OCC2c3ccccc3-c3ccccc32)C1. The van der Waals surface area contributed by atoms with E-state index in [0.717, 1.165) is 0 Å². The minimum Gasteiger partial charge on any atom is -0.448 e. The third kappa shape index (κ3) is 2.83. The summed E-state index contributed by atoms with van der Waals surface area (Å²) in [7, 11) is 0. The number of carbonyl (C=O) groups excluding carboxylic acids is 1. The van der Waals surface area contributed by atoms with Crippen molar-refractivity contribution in [2.24, 2.45) is 0 Å². The van der Waals surface area contributed by atoms with E-state index in [4.69, 9.17) is 10.00 Å². The second-order valence-electron chi connectivity index (χ2n) is 7.03. The molecule has 2 aromatic rings. The number of nitrogens with zero attached hydrogens (tertiary/aromatic N) is 2. The minimum atomic E-state index is -1.11.